The molecule has 3 aliphatic carbocycles. The number of hydrogen-bond acceptors (Lipinski definition) is 3. The van der Waals surface area contributed by atoms with Gasteiger partial charge in [-0.2, -0.15) is 5.10 Å². The van der Waals surface area contributed by atoms with Crippen LogP contribution in [0.4, 0.5) is 0 Å². The van der Waals surface area contributed by atoms with E-state index in [9.17, 15) is 9.90 Å². The van der Waals surface area contributed by atoms with Crippen molar-refractivity contribution in [2.45, 2.75) is 70.6 Å². The predicted octanol–water partition coefficient (Wildman–Crippen LogP) is 2.54. The molecule has 0 aromatic carbocycles. The third kappa shape index (κ3) is 2.32. The second-order valence-electron chi connectivity index (χ2n) is 8.90. The van der Waals surface area contributed by atoms with Crippen LogP contribution < -0.4 is 5.32 Å². The Balaban J connectivity index is 1.53. The Kier molecular flexibility index (Phi) is 3.27. The number of aliphatic hydroxyl groups is 1. The van der Waals surface area contributed by atoms with Crippen molar-refractivity contribution >= 4 is 5.91 Å². The quantitative estimate of drug-likeness (QED) is 0.819. The highest BCUT2D eigenvalue weighted by Crippen LogP contribution is 2.55. The van der Waals surface area contributed by atoms with Crippen LogP contribution in [-0.4, -0.2) is 32.4 Å². The van der Waals surface area contributed by atoms with E-state index < -0.39 is 5.60 Å². The first-order valence-electron chi connectivity index (χ1n) is 8.95. The van der Waals surface area contributed by atoms with Crippen molar-refractivity contribution in [2.75, 3.05) is 0 Å². The molecular formula is C19H27N3O2. The number of nitrogens with zero attached hydrogens (tertiary/aromatic N) is 2. The van der Waals surface area contributed by atoms with Crippen molar-refractivity contribution in [3.63, 3.8) is 0 Å². The maximum Gasteiger partial charge on any atom is 0.254 e. The van der Waals surface area contributed by atoms with E-state index in [0.717, 1.165) is 31.4 Å². The summed E-state index contributed by atoms with van der Waals surface area (Å²) in [5.41, 5.74) is 2.33. The summed E-state index contributed by atoms with van der Waals surface area (Å²) in [6.07, 6.45) is 7.29. The Bertz CT molecular complexity index is 727. The van der Waals surface area contributed by atoms with E-state index >= 15 is 0 Å². The second kappa shape index (κ2) is 4.94. The fourth-order valence-electron chi connectivity index (χ4n) is 5.05. The minimum Gasteiger partial charge on any atom is -0.390 e. The van der Waals surface area contributed by atoms with Gasteiger partial charge < -0.3 is 10.4 Å². The van der Waals surface area contributed by atoms with Crippen LogP contribution in [0.2, 0.25) is 0 Å². The maximum atomic E-state index is 12.8. The lowest BCUT2D eigenvalue weighted by Crippen LogP contribution is -2.39. The first-order chi connectivity index (χ1) is 11.2. The lowest BCUT2D eigenvalue weighted by molar-refractivity contribution is 0.0378. The van der Waals surface area contributed by atoms with Crippen molar-refractivity contribution in [1.82, 2.24) is 15.1 Å². The molecule has 130 valence electrons. The average molecular weight is 329 g/mol. The number of carbonyl (C=O) groups is 1. The highest BCUT2D eigenvalue weighted by molar-refractivity contribution is 5.95. The van der Waals surface area contributed by atoms with Gasteiger partial charge in [0.05, 0.1) is 22.9 Å². The normalized spacial score (nSPS) is 34.4. The minimum atomic E-state index is -0.532. The average Bonchev–Trinajstić information content (AvgIpc) is 3.07. The molecule has 5 nitrogen and oxygen atoms in total. The first kappa shape index (κ1) is 15.9. The third-order valence-corrected chi connectivity index (χ3v) is 6.13. The number of aromatic nitrogens is 2. The molecule has 2 fully saturated rings. The van der Waals surface area contributed by atoms with Gasteiger partial charge in [0.2, 0.25) is 0 Å². The van der Waals surface area contributed by atoms with Gasteiger partial charge in [-0.25, -0.2) is 0 Å². The molecule has 4 atom stereocenters. The fourth-order valence-corrected chi connectivity index (χ4v) is 5.05. The van der Waals surface area contributed by atoms with Gasteiger partial charge in [0.15, 0.2) is 0 Å². The number of carbonyl (C=O) groups excluding carboxylic acids is 1. The third-order valence-electron chi connectivity index (χ3n) is 6.13. The van der Waals surface area contributed by atoms with Crippen LogP contribution in [0.15, 0.2) is 17.8 Å². The van der Waals surface area contributed by atoms with Crippen LogP contribution in [0, 0.1) is 18.8 Å². The number of rotatable bonds is 2. The van der Waals surface area contributed by atoms with E-state index in [4.69, 9.17) is 0 Å². The van der Waals surface area contributed by atoms with Crippen molar-refractivity contribution in [2.24, 2.45) is 11.8 Å². The number of hydrogen-bond donors (Lipinski definition) is 2. The molecular weight excluding hydrogens is 302 g/mol. The summed E-state index contributed by atoms with van der Waals surface area (Å²) in [6, 6.07) is 0.139. The molecule has 24 heavy (non-hydrogen) atoms. The Morgan fingerprint density at radius 3 is 2.83 bits per heavy atom. The zero-order valence-corrected chi connectivity index (χ0v) is 15.0. The molecule has 4 rings (SSSR count). The van der Waals surface area contributed by atoms with Gasteiger partial charge in [-0.1, -0.05) is 11.6 Å². The van der Waals surface area contributed by atoms with Crippen molar-refractivity contribution in [3.05, 3.63) is 29.1 Å². The maximum absolute atomic E-state index is 12.8. The molecule has 2 bridgehead atoms. The molecule has 2 N–H and O–H groups in total. The zero-order valence-electron chi connectivity index (χ0n) is 15.0. The van der Waals surface area contributed by atoms with Crippen LogP contribution in [0.25, 0.3) is 0 Å². The standard InChI is InChI=1S/C19H27N3O2/c1-11-15(10-20-22(11)18(2,3)4)17(23)21-16-7-12-5-6-19(24)8-13(12)14(16)9-19/h5,10,13-14,16,24H,6-9H2,1-4H3,(H,21,23). The first-order valence-corrected chi connectivity index (χ1v) is 8.95. The monoisotopic (exact) mass is 329 g/mol. The molecule has 5 heteroatoms. The van der Waals surface area contributed by atoms with Gasteiger partial charge in [-0.3, -0.25) is 9.48 Å². The van der Waals surface area contributed by atoms with E-state index in [0.29, 0.717) is 17.4 Å². The lowest BCUT2D eigenvalue weighted by atomic mass is 9.86. The van der Waals surface area contributed by atoms with Gasteiger partial charge >= 0.3 is 0 Å². The van der Waals surface area contributed by atoms with Gasteiger partial charge in [-0.05, 0) is 65.2 Å². The van der Waals surface area contributed by atoms with E-state index in [1.807, 2.05) is 11.6 Å². The fraction of sp³-hybridized carbons (Fsp3) is 0.684. The smallest absolute Gasteiger partial charge is 0.254 e. The minimum absolute atomic E-state index is 0.0380. The summed E-state index contributed by atoms with van der Waals surface area (Å²) in [5, 5.41) is 18.2. The number of nitrogens with one attached hydrogen (secondary N) is 1. The van der Waals surface area contributed by atoms with E-state index in [1.54, 1.807) is 6.20 Å². The lowest BCUT2D eigenvalue weighted by Gasteiger charge is -2.28. The van der Waals surface area contributed by atoms with Gasteiger partial charge in [0.1, 0.15) is 0 Å². The second-order valence-corrected chi connectivity index (χ2v) is 8.90. The van der Waals surface area contributed by atoms with Crippen LogP contribution >= 0.6 is 0 Å². The van der Waals surface area contributed by atoms with Crippen molar-refractivity contribution in [3.8, 4) is 0 Å². The molecule has 0 radical (unpaired) electrons. The highest BCUT2D eigenvalue weighted by Gasteiger charge is 2.54. The van der Waals surface area contributed by atoms with E-state index in [-0.39, 0.29) is 17.5 Å². The largest absolute Gasteiger partial charge is 0.390 e. The highest BCUT2D eigenvalue weighted by atomic mass is 16.3. The predicted molar refractivity (Wildman–Crippen MR) is 91.7 cm³/mol. The van der Waals surface area contributed by atoms with Crippen LogP contribution in [0.5, 0.6) is 0 Å². The molecule has 2 saturated carbocycles. The summed E-state index contributed by atoms with van der Waals surface area (Å²) in [5.74, 6) is 0.808. The van der Waals surface area contributed by atoms with Crippen molar-refractivity contribution in [1.29, 1.82) is 0 Å². The SMILES string of the molecule is Cc1c(C(=O)NC2CC3=CCC4(O)CC3C2C4)cnn1C(C)(C)C. The Morgan fingerprint density at radius 2 is 2.17 bits per heavy atom. The van der Waals surface area contributed by atoms with Gasteiger partial charge in [-0.15, -0.1) is 0 Å². The Labute approximate surface area is 143 Å². The molecule has 1 aromatic heterocycles. The topological polar surface area (TPSA) is 67.2 Å². The Morgan fingerprint density at radius 1 is 1.42 bits per heavy atom. The molecule has 0 spiro atoms. The number of amides is 1. The zero-order chi connectivity index (χ0) is 17.3. The summed E-state index contributed by atoms with van der Waals surface area (Å²) in [7, 11) is 0. The molecule has 1 amide bonds. The van der Waals surface area contributed by atoms with Crippen LogP contribution in [-0.2, 0) is 5.54 Å². The Hall–Kier alpha value is -1.62. The van der Waals surface area contributed by atoms with Gasteiger partial charge in [0.25, 0.3) is 5.91 Å². The number of fused-ring (bicyclic) bond motifs is 1. The van der Waals surface area contributed by atoms with E-state index in [2.05, 4.69) is 37.3 Å². The molecule has 1 aromatic rings. The van der Waals surface area contributed by atoms with Gasteiger partial charge in [0, 0.05) is 11.7 Å². The summed E-state index contributed by atoms with van der Waals surface area (Å²) in [4.78, 5) is 12.8. The molecule has 3 aliphatic rings. The molecule has 0 saturated heterocycles. The molecule has 1 heterocycles. The summed E-state index contributed by atoms with van der Waals surface area (Å²) >= 11 is 0. The van der Waals surface area contributed by atoms with Crippen LogP contribution in [0.1, 0.15) is 62.5 Å². The van der Waals surface area contributed by atoms with Crippen molar-refractivity contribution < 1.29 is 9.90 Å². The molecule has 0 aliphatic heterocycles. The summed E-state index contributed by atoms with van der Waals surface area (Å²) in [6.45, 7) is 8.20. The van der Waals surface area contributed by atoms with Crippen LogP contribution in [0.3, 0.4) is 0 Å². The van der Waals surface area contributed by atoms with E-state index in [1.165, 1.54) is 5.57 Å². The summed E-state index contributed by atoms with van der Waals surface area (Å²) < 4.78 is 1.90. The molecule has 4 unspecified atom stereocenters.